The molecule has 0 fully saturated rings. The van der Waals surface area contributed by atoms with E-state index >= 15 is 0 Å². The molecule has 0 radical (unpaired) electrons. The summed E-state index contributed by atoms with van der Waals surface area (Å²) in [7, 11) is -4.44. The average molecular weight is 326 g/mol. The summed E-state index contributed by atoms with van der Waals surface area (Å²) >= 11 is 5.73. The molecule has 21 heavy (non-hydrogen) atoms. The van der Waals surface area contributed by atoms with Crippen molar-refractivity contribution in [3.05, 3.63) is 64.9 Å². The van der Waals surface area contributed by atoms with Gasteiger partial charge in [0.15, 0.2) is 5.78 Å². The van der Waals surface area contributed by atoms with E-state index in [1.807, 2.05) is 0 Å². The number of nitrogens with zero attached hydrogens (tertiary/aromatic N) is 1. The number of hydrogen-bond donors (Lipinski definition) is 1. The Hall–Kier alpha value is -1.76. The summed E-state index contributed by atoms with van der Waals surface area (Å²) in [5.41, 5.74) is 0.450. The summed E-state index contributed by atoms with van der Waals surface area (Å²) in [5, 5.41) is -0.913. The highest BCUT2D eigenvalue weighted by atomic mass is 35.5. The van der Waals surface area contributed by atoms with Crippen LogP contribution in [0.2, 0.25) is 5.02 Å². The molecule has 2 rings (SSSR count). The first-order valence-corrected chi connectivity index (χ1v) is 7.92. The van der Waals surface area contributed by atoms with E-state index in [-0.39, 0.29) is 5.69 Å². The van der Waals surface area contributed by atoms with Crippen LogP contribution in [0.5, 0.6) is 0 Å². The van der Waals surface area contributed by atoms with Crippen LogP contribution in [-0.4, -0.2) is 23.7 Å². The van der Waals surface area contributed by atoms with Crippen LogP contribution in [0.25, 0.3) is 0 Å². The van der Waals surface area contributed by atoms with Crippen molar-refractivity contribution in [2.45, 2.75) is 11.7 Å². The number of rotatable bonds is 5. The molecular formula is C14H12ClNO4S. The highest BCUT2D eigenvalue weighted by Crippen LogP contribution is 2.25. The Bertz CT molecular complexity index is 729. The van der Waals surface area contributed by atoms with Crippen LogP contribution in [0.1, 0.15) is 27.7 Å². The lowest BCUT2D eigenvalue weighted by atomic mass is 10.0. The molecule has 0 aliphatic carbocycles. The fourth-order valence-electron chi connectivity index (χ4n) is 1.85. The van der Waals surface area contributed by atoms with E-state index in [9.17, 15) is 17.8 Å². The molecule has 1 unspecified atom stereocenters. The van der Waals surface area contributed by atoms with Gasteiger partial charge in [-0.1, -0.05) is 17.7 Å². The van der Waals surface area contributed by atoms with Crippen LogP contribution in [0, 0.1) is 0 Å². The number of carbonyl (C=O) groups is 1. The smallest absolute Gasteiger partial charge is 0.274 e. The Kier molecular flexibility index (Phi) is 4.72. The summed E-state index contributed by atoms with van der Waals surface area (Å²) in [6.07, 6.45) is 1.01. The number of benzene rings is 1. The molecule has 1 atom stereocenters. The zero-order valence-corrected chi connectivity index (χ0v) is 12.4. The van der Waals surface area contributed by atoms with Crippen molar-refractivity contribution in [3.8, 4) is 0 Å². The lowest BCUT2D eigenvalue weighted by molar-refractivity contribution is 0.0979. The predicted molar refractivity (Wildman–Crippen MR) is 78.9 cm³/mol. The number of aromatic nitrogens is 1. The van der Waals surface area contributed by atoms with Crippen LogP contribution >= 0.6 is 11.6 Å². The largest absolute Gasteiger partial charge is 0.294 e. The summed E-state index contributed by atoms with van der Waals surface area (Å²) < 4.78 is 32.3. The number of pyridine rings is 1. The monoisotopic (exact) mass is 325 g/mol. The van der Waals surface area contributed by atoms with Crippen LogP contribution < -0.4 is 0 Å². The van der Waals surface area contributed by atoms with Gasteiger partial charge in [-0.3, -0.25) is 14.3 Å². The Balaban J connectivity index is 2.28. The van der Waals surface area contributed by atoms with Crippen molar-refractivity contribution in [1.29, 1.82) is 0 Å². The molecule has 7 heteroatoms. The summed E-state index contributed by atoms with van der Waals surface area (Å²) in [6, 6.07) is 10.7. The minimum Gasteiger partial charge on any atom is -0.294 e. The number of ketones is 1. The van der Waals surface area contributed by atoms with Gasteiger partial charge in [0.05, 0.1) is 5.69 Å². The third kappa shape index (κ3) is 4.10. The van der Waals surface area contributed by atoms with Gasteiger partial charge in [-0.15, -0.1) is 0 Å². The molecule has 1 heterocycles. The van der Waals surface area contributed by atoms with Crippen molar-refractivity contribution < 1.29 is 17.8 Å². The molecule has 1 aromatic heterocycles. The second kappa shape index (κ2) is 6.34. The van der Waals surface area contributed by atoms with Crippen molar-refractivity contribution in [2.75, 3.05) is 0 Å². The lowest BCUT2D eigenvalue weighted by Crippen LogP contribution is -2.17. The van der Waals surface area contributed by atoms with Gasteiger partial charge in [0.25, 0.3) is 10.1 Å². The van der Waals surface area contributed by atoms with Gasteiger partial charge in [0.2, 0.25) is 0 Å². The molecule has 0 bridgehead atoms. The van der Waals surface area contributed by atoms with E-state index in [1.165, 1.54) is 36.5 Å². The van der Waals surface area contributed by atoms with E-state index < -0.39 is 27.6 Å². The van der Waals surface area contributed by atoms with E-state index in [2.05, 4.69) is 4.98 Å². The molecule has 0 saturated carbocycles. The zero-order valence-electron chi connectivity index (χ0n) is 10.8. The maximum absolute atomic E-state index is 12.1. The molecule has 0 aliphatic heterocycles. The zero-order chi connectivity index (χ0) is 15.5. The van der Waals surface area contributed by atoms with Crippen LogP contribution in [-0.2, 0) is 10.1 Å². The minimum atomic E-state index is -4.44. The molecule has 0 saturated heterocycles. The Labute approximate surface area is 127 Å². The van der Waals surface area contributed by atoms with Gasteiger partial charge >= 0.3 is 0 Å². The molecule has 1 aromatic carbocycles. The molecule has 110 valence electrons. The highest BCUT2D eigenvalue weighted by Gasteiger charge is 2.29. The van der Waals surface area contributed by atoms with Gasteiger partial charge in [0, 0.05) is 23.2 Å². The maximum atomic E-state index is 12.1. The van der Waals surface area contributed by atoms with Gasteiger partial charge < -0.3 is 0 Å². The molecule has 0 aliphatic rings. The summed E-state index contributed by atoms with van der Waals surface area (Å²) in [6.45, 7) is 0. The number of halogens is 1. The van der Waals surface area contributed by atoms with Crippen molar-refractivity contribution in [2.24, 2.45) is 0 Å². The van der Waals surface area contributed by atoms with E-state index in [1.54, 1.807) is 12.1 Å². The van der Waals surface area contributed by atoms with Gasteiger partial charge in [-0.2, -0.15) is 8.42 Å². The van der Waals surface area contributed by atoms with Crippen molar-refractivity contribution in [1.82, 2.24) is 4.98 Å². The first kappa shape index (κ1) is 15.6. The van der Waals surface area contributed by atoms with Crippen LogP contribution in [0.4, 0.5) is 0 Å². The van der Waals surface area contributed by atoms with E-state index in [4.69, 9.17) is 11.6 Å². The molecule has 0 amide bonds. The Morgan fingerprint density at radius 1 is 1.19 bits per heavy atom. The molecule has 2 aromatic rings. The first-order chi connectivity index (χ1) is 9.88. The first-order valence-electron chi connectivity index (χ1n) is 6.04. The predicted octanol–water partition coefficient (Wildman–Crippen LogP) is 2.94. The standard InChI is InChI=1S/C14H12ClNO4S/c15-11-6-4-10(5-7-11)13(17)9-14(21(18,19)20)12-3-1-2-8-16-12/h1-8,14H,9H2,(H,18,19,20). The molecule has 5 nitrogen and oxygen atoms in total. The Morgan fingerprint density at radius 3 is 2.38 bits per heavy atom. The van der Waals surface area contributed by atoms with E-state index in [0.29, 0.717) is 10.6 Å². The molecule has 1 N–H and O–H groups in total. The quantitative estimate of drug-likeness (QED) is 0.675. The van der Waals surface area contributed by atoms with E-state index in [0.717, 1.165) is 0 Å². The molecular weight excluding hydrogens is 314 g/mol. The van der Waals surface area contributed by atoms with Gasteiger partial charge in [-0.05, 0) is 36.4 Å². The second-order valence-corrected chi connectivity index (χ2v) is 6.43. The van der Waals surface area contributed by atoms with Crippen molar-refractivity contribution >= 4 is 27.5 Å². The van der Waals surface area contributed by atoms with Crippen molar-refractivity contribution in [3.63, 3.8) is 0 Å². The normalized spacial score (nSPS) is 12.9. The highest BCUT2D eigenvalue weighted by molar-refractivity contribution is 7.86. The van der Waals surface area contributed by atoms with Gasteiger partial charge in [-0.25, -0.2) is 0 Å². The summed E-state index contributed by atoms with van der Waals surface area (Å²) in [5.74, 6) is -0.417. The third-order valence-electron chi connectivity index (χ3n) is 2.91. The fourth-order valence-corrected chi connectivity index (χ4v) is 2.78. The lowest BCUT2D eigenvalue weighted by Gasteiger charge is -2.12. The number of carbonyl (C=O) groups excluding carboxylic acids is 1. The van der Waals surface area contributed by atoms with Gasteiger partial charge in [0.1, 0.15) is 5.25 Å². The maximum Gasteiger partial charge on any atom is 0.274 e. The Morgan fingerprint density at radius 2 is 1.86 bits per heavy atom. The average Bonchev–Trinajstić information content (AvgIpc) is 2.45. The molecule has 0 spiro atoms. The second-order valence-electron chi connectivity index (χ2n) is 4.39. The summed E-state index contributed by atoms with van der Waals surface area (Å²) in [4.78, 5) is 16.0. The number of Topliss-reactive ketones (excluding diaryl/α,β-unsaturated/α-hetero) is 1. The minimum absolute atomic E-state index is 0.127. The van der Waals surface area contributed by atoms with Crippen LogP contribution in [0.15, 0.2) is 48.7 Å². The van der Waals surface area contributed by atoms with Crippen LogP contribution in [0.3, 0.4) is 0 Å². The number of hydrogen-bond acceptors (Lipinski definition) is 4. The SMILES string of the molecule is O=C(CC(c1ccccn1)S(=O)(=O)O)c1ccc(Cl)cc1. The fraction of sp³-hybridized carbons (Fsp3) is 0.143. The third-order valence-corrected chi connectivity index (χ3v) is 4.29. The topological polar surface area (TPSA) is 84.3 Å².